The lowest BCUT2D eigenvalue weighted by atomic mass is 9.94. The molecule has 0 bridgehead atoms. The molecular formula is C14H20BrFN2O. The maximum Gasteiger partial charge on any atom is 0.224 e. The predicted molar refractivity (Wildman–Crippen MR) is 79.3 cm³/mol. The second-order valence-electron chi connectivity index (χ2n) is 5.11. The first-order chi connectivity index (χ1) is 8.92. The predicted octanol–water partition coefficient (Wildman–Crippen LogP) is 3.54. The van der Waals surface area contributed by atoms with Crippen molar-refractivity contribution in [1.82, 2.24) is 0 Å². The van der Waals surface area contributed by atoms with Crippen LogP contribution in [0, 0.1) is 17.7 Å². The molecule has 0 radical (unpaired) electrons. The SMILES string of the molecule is CC(C)C[C@H](CN)CC(=O)Nc1cc(Br)ccc1F. The van der Waals surface area contributed by atoms with E-state index in [0.29, 0.717) is 18.9 Å². The largest absolute Gasteiger partial charge is 0.330 e. The summed E-state index contributed by atoms with van der Waals surface area (Å²) in [7, 11) is 0. The average molecular weight is 331 g/mol. The van der Waals surface area contributed by atoms with Gasteiger partial charge in [0.05, 0.1) is 5.69 Å². The fraction of sp³-hybridized carbons (Fsp3) is 0.500. The minimum absolute atomic E-state index is 0.134. The van der Waals surface area contributed by atoms with Crippen LogP contribution in [0.1, 0.15) is 26.7 Å². The first-order valence-corrected chi connectivity index (χ1v) is 7.16. The summed E-state index contributed by atoms with van der Waals surface area (Å²) in [6.07, 6.45) is 1.21. The molecule has 1 aromatic carbocycles. The number of benzene rings is 1. The van der Waals surface area contributed by atoms with Gasteiger partial charge in [-0.1, -0.05) is 29.8 Å². The summed E-state index contributed by atoms with van der Waals surface area (Å²) >= 11 is 3.25. The molecule has 5 heteroatoms. The molecule has 106 valence electrons. The van der Waals surface area contributed by atoms with Gasteiger partial charge in [-0.25, -0.2) is 4.39 Å². The number of carbonyl (C=O) groups is 1. The fourth-order valence-corrected chi connectivity index (χ4v) is 2.35. The van der Waals surface area contributed by atoms with E-state index in [1.165, 1.54) is 6.07 Å². The van der Waals surface area contributed by atoms with Crippen LogP contribution in [0.2, 0.25) is 0 Å². The molecule has 0 heterocycles. The summed E-state index contributed by atoms with van der Waals surface area (Å²) in [5.41, 5.74) is 5.85. The molecule has 1 aromatic rings. The third-order valence-electron chi connectivity index (χ3n) is 2.81. The van der Waals surface area contributed by atoms with Gasteiger partial charge in [0.1, 0.15) is 5.82 Å². The molecule has 0 saturated carbocycles. The van der Waals surface area contributed by atoms with Crippen LogP contribution < -0.4 is 11.1 Å². The number of anilines is 1. The van der Waals surface area contributed by atoms with E-state index in [4.69, 9.17) is 5.73 Å². The quantitative estimate of drug-likeness (QED) is 0.838. The molecule has 1 rings (SSSR count). The summed E-state index contributed by atoms with van der Waals surface area (Å²) in [4.78, 5) is 11.9. The van der Waals surface area contributed by atoms with E-state index in [1.807, 2.05) is 0 Å². The van der Waals surface area contributed by atoms with Crippen molar-refractivity contribution < 1.29 is 9.18 Å². The number of hydrogen-bond donors (Lipinski definition) is 2. The Balaban J connectivity index is 2.61. The Bertz CT molecular complexity index is 437. The van der Waals surface area contributed by atoms with Crippen LogP contribution in [-0.2, 0) is 4.79 Å². The van der Waals surface area contributed by atoms with Crippen molar-refractivity contribution in [2.75, 3.05) is 11.9 Å². The van der Waals surface area contributed by atoms with Crippen LogP contribution in [-0.4, -0.2) is 12.5 Å². The number of carbonyl (C=O) groups excluding carboxylic acids is 1. The minimum Gasteiger partial charge on any atom is -0.330 e. The number of rotatable bonds is 6. The van der Waals surface area contributed by atoms with E-state index >= 15 is 0 Å². The lowest BCUT2D eigenvalue weighted by molar-refractivity contribution is -0.117. The van der Waals surface area contributed by atoms with Crippen molar-refractivity contribution in [3.8, 4) is 0 Å². The molecule has 1 atom stereocenters. The zero-order valence-electron chi connectivity index (χ0n) is 11.2. The molecule has 1 amide bonds. The Morgan fingerprint density at radius 3 is 2.74 bits per heavy atom. The van der Waals surface area contributed by atoms with Gasteiger partial charge in [0.2, 0.25) is 5.91 Å². The second kappa shape index (κ2) is 7.60. The van der Waals surface area contributed by atoms with Gasteiger partial charge < -0.3 is 11.1 Å². The number of nitrogens with one attached hydrogen (secondary N) is 1. The van der Waals surface area contributed by atoms with Crippen LogP contribution in [0.15, 0.2) is 22.7 Å². The second-order valence-corrected chi connectivity index (χ2v) is 6.02. The fourth-order valence-electron chi connectivity index (χ4n) is 1.99. The number of hydrogen-bond acceptors (Lipinski definition) is 2. The molecule has 19 heavy (non-hydrogen) atoms. The Hall–Kier alpha value is -0.940. The summed E-state index contributed by atoms with van der Waals surface area (Å²) in [6.45, 7) is 4.65. The molecule has 3 nitrogen and oxygen atoms in total. The topological polar surface area (TPSA) is 55.1 Å². The first-order valence-electron chi connectivity index (χ1n) is 6.37. The van der Waals surface area contributed by atoms with Gasteiger partial charge in [-0.15, -0.1) is 0 Å². The Kier molecular flexibility index (Phi) is 6.45. The maximum atomic E-state index is 13.5. The highest BCUT2D eigenvalue weighted by Crippen LogP contribution is 2.21. The molecule has 3 N–H and O–H groups in total. The summed E-state index contributed by atoms with van der Waals surface area (Å²) in [6, 6.07) is 4.45. The number of nitrogens with two attached hydrogens (primary N) is 1. The van der Waals surface area contributed by atoms with Crippen LogP contribution >= 0.6 is 15.9 Å². The standard InChI is InChI=1S/C14H20BrFN2O/c1-9(2)5-10(8-17)6-14(19)18-13-7-11(15)3-4-12(13)16/h3-4,7,9-10H,5-6,8,17H2,1-2H3,(H,18,19)/t10-/m0/s1. The van der Waals surface area contributed by atoms with Gasteiger partial charge in [0, 0.05) is 10.9 Å². The summed E-state index contributed by atoms with van der Waals surface area (Å²) in [5.74, 6) is -0.0167. The number of amides is 1. The highest BCUT2D eigenvalue weighted by molar-refractivity contribution is 9.10. The molecular weight excluding hydrogens is 311 g/mol. The van der Waals surface area contributed by atoms with E-state index in [1.54, 1.807) is 12.1 Å². The molecule has 0 aliphatic heterocycles. The van der Waals surface area contributed by atoms with E-state index in [9.17, 15) is 9.18 Å². The Morgan fingerprint density at radius 2 is 2.16 bits per heavy atom. The lowest BCUT2D eigenvalue weighted by Gasteiger charge is -2.16. The van der Waals surface area contributed by atoms with Gasteiger partial charge in [-0.3, -0.25) is 4.79 Å². The Morgan fingerprint density at radius 1 is 1.47 bits per heavy atom. The van der Waals surface area contributed by atoms with Crippen molar-refractivity contribution in [1.29, 1.82) is 0 Å². The van der Waals surface area contributed by atoms with Crippen molar-refractivity contribution in [3.63, 3.8) is 0 Å². The van der Waals surface area contributed by atoms with E-state index in [0.717, 1.165) is 10.9 Å². The number of halogens is 2. The third kappa shape index (κ3) is 5.70. The van der Waals surface area contributed by atoms with Gasteiger partial charge in [0.15, 0.2) is 0 Å². The maximum absolute atomic E-state index is 13.5. The molecule has 0 fully saturated rings. The zero-order chi connectivity index (χ0) is 14.4. The van der Waals surface area contributed by atoms with Crippen molar-refractivity contribution in [2.24, 2.45) is 17.6 Å². The van der Waals surface area contributed by atoms with Gasteiger partial charge in [-0.2, -0.15) is 0 Å². The van der Waals surface area contributed by atoms with Crippen LogP contribution in [0.5, 0.6) is 0 Å². The van der Waals surface area contributed by atoms with Gasteiger partial charge in [-0.05, 0) is 43.0 Å². The van der Waals surface area contributed by atoms with Crippen molar-refractivity contribution in [2.45, 2.75) is 26.7 Å². The lowest BCUT2D eigenvalue weighted by Crippen LogP contribution is -2.23. The van der Waals surface area contributed by atoms with Gasteiger partial charge >= 0.3 is 0 Å². The average Bonchev–Trinajstić information content (AvgIpc) is 2.32. The summed E-state index contributed by atoms with van der Waals surface area (Å²) in [5, 5.41) is 2.59. The first kappa shape index (κ1) is 16.1. The van der Waals surface area contributed by atoms with Crippen molar-refractivity contribution >= 4 is 27.5 Å². The monoisotopic (exact) mass is 330 g/mol. The molecule has 0 saturated heterocycles. The molecule has 0 unspecified atom stereocenters. The van der Waals surface area contributed by atoms with E-state index < -0.39 is 5.82 Å². The molecule has 0 aliphatic carbocycles. The van der Waals surface area contributed by atoms with Crippen LogP contribution in [0.25, 0.3) is 0 Å². The molecule has 0 aromatic heterocycles. The van der Waals surface area contributed by atoms with E-state index in [-0.39, 0.29) is 17.5 Å². The van der Waals surface area contributed by atoms with Crippen LogP contribution in [0.4, 0.5) is 10.1 Å². The minimum atomic E-state index is -0.440. The molecule has 0 spiro atoms. The third-order valence-corrected chi connectivity index (χ3v) is 3.31. The van der Waals surface area contributed by atoms with Gasteiger partial charge in [0.25, 0.3) is 0 Å². The molecule has 0 aliphatic rings. The van der Waals surface area contributed by atoms with Crippen LogP contribution in [0.3, 0.4) is 0 Å². The van der Waals surface area contributed by atoms with Crippen molar-refractivity contribution in [3.05, 3.63) is 28.5 Å². The Labute approximate surface area is 121 Å². The normalized spacial score (nSPS) is 12.5. The zero-order valence-corrected chi connectivity index (χ0v) is 12.8. The smallest absolute Gasteiger partial charge is 0.224 e. The van der Waals surface area contributed by atoms with E-state index in [2.05, 4.69) is 35.1 Å². The summed E-state index contributed by atoms with van der Waals surface area (Å²) < 4.78 is 14.2. The highest BCUT2D eigenvalue weighted by atomic mass is 79.9. The highest BCUT2D eigenvalue weighted by Gasteiger charge is 2.15.